The van der Waals surface area contributed by atoms with Crippen LogP contribution in [0, 0.1) is 4.91 Å². The molecule has 0 saturated heterocycles. The van der Waals surface area contributed by atoms with Crippen LogP contribution in [0.4, 0.5) is 30.6 Å². The van der Waals surface area contributed by atoms with Gasteiger partial charge in [-0.1, -0.05) is 30.3 Å². The van der Waals surface area contributed by atoms with E-state index in [1.54, 1.807) is 30.3 Å². The molecule has 0 radical (unpaired) electrons. The number of alkyl halides is 3. The first-order valence-corrected chi connectivity index (χ1v) is 6.37. The Balaban J connectivity index is 2.28. The topological polar surface area (TPSA) is 120 Å². The van der Waals surface area contributed by atoms with Crippen molar-refractivity contribution in [2.75, 3.05) is 11.1 Å². The van der Waals surface area contributed by atoms with E-state index >= 15 is 0 Å². The van der Waals surface area contributed by atoms with Gasteiger partial charge in [0.1, 0.15) is 6.61 Å². The van der Waals surface area contributed by atoms with Crippen LogP contribution in [-0.4, -0.2) is 22.1 Å². The van der Waals surface area contributed by atoms with Gasteiger partial charge in [0.2, 0.25) is 11.6 Å². The van der Waals surface area contributed by atoms with E-state index in [0.717, 1.165) is 0 Å². The molecule has 0 unspecified atom stereocenters. The Hall–Kier alpha value is -3.24. The molecule has 0 bridgehead atoms. The van der Waals surface area contributed by atoms with Gasteiger partial charge in [0.15, 0.2) is 5.82 Å². The molecule has 0 aliphatic heterocycles. The van der Waals surface area contributed by atoms with Gasteiger partial charge < -0.3 is 15.8 Å². The average Bonchev–Trinajstić information content (AvgIpc) is 2.52. The van der Waals surface area contributed by atoms with Crippen LogP contribution < -0.4 is 15.8 Å². The summed E-state index contributed by atoms with van der Waals surface area (Å²) < 4.78 is 42.2. The Labute approximate surface area is 132 Å². The molecule has 2 rings (SSSR count). The molecule has 1 aromatic heterocycles. The van der Waals surface area contributed by atoms with E-state index in [4.69, 9.17) is 10.5 Å². The first-order chi connectivity index (χ1) is 11.3. The predicted molar refractivity (Wildman–Crippen MR) is 77.4 cm³/mol. The van der Waals surface area contributed by atoms with Crippen LogP contribution in [0.2, 0.25) is 0 Å². The lowest BCUT2D eigenvalue weighted by atomic mass is 10.2. The van der Waals surface area contributed by atoms with E-state index in [2.05, 4.69) is 15.1 Å². The maximum Gasteiger partial charge on any atom is 0.471 e. The summed E-state index contributed by atoms with van der Waals surface area (Å²) in [5, 5.41) is 3.93. The van der Waals surface area contributed by atoms with Crippen LogP contribution in [0.1, 0.15) is 5.56 Å². The fourth-order valence-corrected chi connectivity index (χ4v) is 1.63. The van der Waals surface area contributed by atoms with Gasteiger partial charge in [0.25, 0.3) is 5.88 Å². The number of nitrogens with one attached hydrogen (secondary N) is 1. The number of carbonyl (C=O) groups is 1. The van der Waals surface area contributed by atoms with Crippen LogP contribution in [0.25, 0.3) is 0 Å². The molecule has 11 heteroatoms. The standard InChI is InChI=1S/C13H10F3N5O3/c14-13(15,16)11(22)18-9-8(21-23)10(20-12(17)19-9)24-6-7-4-2-1-3-5-7/h1-5H,6H2,(H3,17,18,19,20,22). The SMILES string of the molecule is Nc1nc(NC(=O)C(F)(F)F)c(N=O)c(OCc2ccccc2)n1. The van der Waals surface area contributed by atoms with Crippen molar-refractivity contribution in [1.82, 2.24) is 9.97 Å². The minimum atomic E-state index is -5.18. The molecule has 1 amide bonds. The minimum Gasteiger partial charge on any atom is -0.471 e. The van der Waals surface area contributed by atoms with Gasteiger partial charge in [-0.15, -0.1) is 4.91 Å². The molecule has 0 saturated carbocycles. The van der Waals surface area contributed by atoms with Gasteiger partial charge in [-0.05, 0) is 10.7 Å². The summed E-state index contributed by atoms with van der Waals surface area (Å²) in [7, 11) is 0. The highest BCUT2D eigenvalue weighted by molar-refractivity contribution is 5.96. The van der Waals surface area contributed by atoms with E-state index in [0.29, 0.717) is 5.56 Å². The monoisotopic (exact) mass is 341 g/mol. The zero-order chi connectivity index (χ0) is 17.7. The highest BCUT2D eigenvalue weighted by atomic mass is 19.4. The van der Waals surface area contributed by atoms with Gasteiger partial charge in [0.05, 0.1) is 0 Å². The number of nitrogens with two attached hydrogens (primary N) is 1. The Bertz CT molecular complexity index is 753. The smallest absolute Gasteiger partial charge is 0.471 e. The Kier molecular flexibility index (Phi) is 4.92. The summed E-state index contributed by atoms with van der Waals surface area (Å²) >= 11 is 0. The average molecular weight is 341 g/mol. The van der Waals surface area contributed by atoms with Crippen LogP contribution in [0.15, 0.2) is 35.5 Å². The number of carbonyl (C=O) groups excluding carboxylic acids is 1. The lowest BCUT2D eigenvalue weighted by Crippen LogP contribution is -2.30. The molecule has 0 fully saturated rings. The van der Waals surface area contributed by atoms with Crippen molar-refractivity contribution in [1.29, 1.82) is 0 Å². The Morgan fingerprint density at radius 3 is 2.50 bits per heavy atom. The van der Waals surface area contributed by atoms with Gasteiger partial charge >= 0.3 is 12.1 Å². The number of amides is 1. The summed E-state index contributed by atoms with van der Waals surface area (Å²) in [4.78, 5) is 28.9. The third-order valence-corrected chi connectivity index (χ3v) is 2.67. The third-order valence-electron chi connectivity index (χ3n) is 2.67. The number of halogens is 3. The van der Waals surface area contributed by atoms with Crippen LogP contribution in [-0.2, 0) is 11.4 Å². The van der Waals surface area contributed by atoms with Crippen LogP contribution in [0.5, 0.6) is 5.88 Å². The second-order valence-corrected chi connectivity index (χ2v) is 4.40. The molecule has 0 atom stereocenters. The van der Waals surface area contributed by atoms with Crippen molar-refractivity contribution >= 4 is 23.4 Å². The molecule has 0 spiro atoms. The molecule has 1 aromatic carbocycles. The molecule has 1 heterocycles. The second-order valence-electron chi connectivity index (χ2n) is 4.40. The summed E-state index contributed by atoms with van der Waals surface area (Å²) in [5.74, 6) is -4.07. The summed E-state index contributed by atoms with van der Waals surface area (Å²) in [6, 6.07) is 8.67. The second kappa shape index (κ2) is 6.89. The lowest BCUT2D eigenvalue weighted by molar-refractivity contribution is -0.167. The number of aromatic nitrogens is 2. The van der Waals surface area contributed by atoms with Crippen molar-refractivity contribution < 1.29 is 22.7 Å². The number of anilines is 2. The fourth-order valence-electron chi connectivity index (χ4n) is 1.63. The molecule has 0 aliphatic rings. The van der Waals surface area contributed by atoms with Crippen molar-refractivity contribution in [3.8, 4) is 5.88 Å². The molecular weight excluding hydrogens is 331 g/mol. The van der Waals surface area contributed by atoms with E-state index in [-0.39, 0.29) is 6.61 Å². The Morgan fingerprint density at radius 1 is 1.25 bits per heavy atom. The van der Waals surface area contributed by atoms with E-state index in [9.17, 15) is 22.9 Å². The number of rotatable bonds is 5. The highest BCUT2D eigenvalue weighted by Crippen LogP contribution is 2.34. The van der Waals surface area contributed by atoms with E-state index in [1.165, 1.54) is 5.32 Å². The van der Waals surface area contributed by atoms with Gasteiger partial charge in [-0.25, -0.2) is 0 Å². The molecule has 24 heavy (non-hydrogen) atoms. The van der Waals surface area contributed by atoms with Gasteiger partial charge in [-0.3, -0.25) is 4.79 Å². The van der Waals surface area contributed by atoms with E-state index < -0.39 is 35.4 Å². The van der Waals surface area contributed by atoms with E-state index in [1.807, 2.05) is 0 Å². The zero-order valence-corrected chi connectivity index (χ0v) is 11.9. The van der Waals surface area contributed by atoms with Crippen molar-refractivity contribution in [2.45, 2.75) is 12.8 Å². The largest absolute Gasteiger partial charge is 0.471 e. The van der Waals surface area contributed by atoms with Crippen LogP contribution >= 0.6 is 0 Å². The first kappa shape index (κ1) is 17.1. The first-order valence-electron chi connectivity index (χ1n) is 6.37. The van der Waals surface area contributed by atoms with Crippen LogP contribution in [0.3, 0.4) is 0 Å². The zero-order valence-electron chi connectivity index (χ0n) is 11.9. The Morgan fingerprint density at radius 2 is 1.92 bits per heavy atom. The number of nitrogen functional groups attached to an aromatic ring is 1. The predicted octanol–water partition coefficient (Wildman–Crippen LogP) is 2.54. The number of ether oxygens (including phenoxy) is 1. The lowest BCUT2D eigenvalue weighted by Gasteiger charge is -2.12. The fraction of sp³-hybridized carbons (Fsp3) is 0.154. The van der Waals surface area contributed by atoms with Crippen molar-refractivity contribution in [3.05, 3.63) is 40.8 Å². The summed E-state index contributed by atoms with van der Waals surface area (Å²) in [6.45, 7) is -0.0491. The summed E-state index contributed by atoms with van der Waals surface area (Å²) in [6.07, 6.45) is -5.18. The normalized spacial score (nSPS) is 11.0. The number of nitroso groups, excluding NO2 is 1. The van der Waals surface area contributed by atoms with Gasteiger partial charge in [-0.2, -0.15) is 23.1 Å². The maximum atomic E-state index is 12.3. The molecule has 126 valence electrons. The number of hydrogen-bond donors (Lipinski definition) is 2. The third kappa shape index (κ3) is 4.15. The summed E-state index contributed by atoms with van der Waals surface area (Å²) in [5.41, 5.74) is 5.36. The molecule has 8 nitrogen and oxygen atoms in total. The van der Waals surface area contributed by atoms with Crippen molar-refractivity contribution in [2.24, 2.45) is 5.18 Å². The number of nitrogens with zero attached hydrogens (tertiary/aromatic N) is 3. The quantitative estimate of drug-likeness (QED) is 0.807. The minimum absolute atomic E-state index is 0.0491. The number of hydrogen-bond acceptors (Lipinski definition) is 7. The number of benzene rings is 1. The maximum absolute atomic E-state index is 12.3. The molecule has 3 N–H and O–H groups in total. The molecular formula is C13H10F3N5O3. The molecule has 2 aromatic rings. The van der Waals surface area contributed by atoms with Crippen molar-refractivity contribution in [3.63, 3.8) is 0 Å². The molecule has 0 aliphatic carbocycles. The highest BCUT2D eigenvalue weighted by Gasteiger charge is 2.39. The van der Waals surface area contributed by atoms with Gasteiger partial charge in [0, 0.05) is 0 Å².